The minimum absolute atomic E-state index is 0.0825. The molecule has 0 aliphatic carbocycles. The molecule has 3 aromatic rings. The molecule has 0 unspecified atom stereocenters. The van der Waals surface area contributed by atoms with Gasteiger partial charge in [0.25, 0.3) is 0 Å². The van der Waals surface area contributed by atoms with Crippen LogP contribution in [-0.2, 0) is 4.74 Å². The Hall–Kier alpha value is -2.93. The lowest BCUT2D eigenvalue weighted by atomic mass is 10.1. The Morgan fingerprint density at radius 1 is 1.17 bits per heavy atom. The molecule has 0 aliphatic rings. The lowest BCUT2D eigenvalue weighted by molar-refractivity contribution is 0.0515. The number of carbonyl (C=O) groups is 1. The Morgan fingerprint density at radius 3 is 2.75 bits per heavy atom. The van der Waals surface area contributed by atoms with Crippen LogP contribution in [0.4, 0.5) is 5.95 Å². The van der Waals surface area contributed by atoms with E-state index in [1.165, 1.54) is 6.39 Å². The minimum Gasteiger partial charge on any atom is -0.459 e. The number of nitrogens with one attached hydrogen (secondary N) is 1. The average Bonchev–Trinajstić information content (AvgIpc) is 3.09. The third-order valence-electron chi connectivity index (χ3n) is 3.06. The second-order valence-corrected chi connectivity index (χ2v) is 5.05. The van der Waals surface area contributed by atoms with Gasteiger partial charge in [-0.05, 0) is 18.2 Å². The van der Waals surface area contributed by atoms with Crippen molar-refractivity contribution in [2.24, 2.45) is 0 Å². The SMILES string of the molecule is O=C(OCCNc1ncccn1)c1ncoc1-c1ccccc1Cl. The molecule has 0 saturated carbocycles. The van der Waals surface area contributed by atoms with Gasteiger partial charge in [-0.25, -0.2) is 19.7 Å². The number of nitrogens with zero attached hydrogens (tertiary/aromatic N) is 3. The van der Waals surface area contributed by atoms with Crippen LogP contribution in [0.3, 0.4) is 0 Å². The molecule has 122 valence electrons. The lowest BCUT2D eigenvalue weighted by Gasteiger charge is -2.06. The summed E-state index contributed by atoms with van der Waals surface area (Å²) in [6, 6.07) is 8.75. The molecule has 0 radical (unpaired) electrons. The van der Waals surface area contributed by atoms with Crippen LogP contribution >= 0.6 is 11.6 Å². The summed E-state index contributed by atoms with van der Waals surface area (Å²) in [6.07, 6.45) is 4.42. The first kappa shape index (κ1) is 15.9. The monoisotopic (exact) mass is 344 g/mol. The summed E-state index contributed by atoms with van der Waals surface area (Å²) in [7, 11) is 0. The number of esters is 1. The third-order valence-corrected chi connectivity index (χ3v) is 3.39. The summed E-state index contributed by atoms with van der Waals surface area (Å²) in [5.41, 5.74) is 0.665. The van der Waals surface area contributed by atoms with Gasteiger partial charge in [-0.3, -0.25) is 0 Å². The van der Waals surface area contributed by atoms with Crippen molar-refractivity contribution in [3.63, 3.8) is 0 Å². The largest absolute Gasteiger partial charge is 0.459 e. The molecule has 7 nitrogen and oxygen atoms in total. The van der Waals surface area contributed by atoms with Crippen molar-refractivity contribution >= 4 is 23.5 Å². The molecule has 0 fully saturated rings. The van der Waals surface area contributed by atoms with E-state index in [4.69, 9.17) is 20.8 Å². The van der Waals surface area contributed by atoms with E-state index in [2.05, 4.69) is 20.3 Å². The van der Waals surface area contributed by atoms with Crippen LogP contribution in [0.1, 0.15) is 10.5 Å². The van der Waals surface area contributed by atoms with Crippen LogP contribution in [0.25, 0.3) is 11.3 Å². The van der Waals surface area contributed by atoms with Gasteiger partial charge in [0, 0.05) is 18.0 Å². The zero-order chi connectivity index (χ0) is 16.8. The number of aromatic nitrogens is 3. The number of rotatable bonds is 6. The molecule has 0 amide bonds. The number of hydrogen-bond acceptors (Lipinski definition) is 7. The number of anilines is 1. The van der Waals surface area contributed by atoms with Gasteiger partial charge in [-0.2, -0.15) is 0 Å². The number of hydrogen-bond donors (Lipinski definition) is 1. The Kier molecular flexibility index (Phi) is 5.02. The van der Waals surface area contributed by atoms with Crippen LogP contribution in [0.5, 0.6) is 0 Å². The fourth-order valence-corrected chi connectivity index (χ4v) is 2.21. The molecular formula is C16H13ClN4O3. The van der Waals surface area contributed by atoms with Crippen LogP contribution in [-0.4, -0.2) is 34.1 Å². The van der Waals surface area contributed by atoms with E-state index < -0.39 is 5.97 Å². The standard InChI is InChI=1S/C16H13ClN4O3/c17-12-5-2-1-4-11(12)14-13(21-10-24-14)15(22)23-9-8-20-16-18-6-3-7-19-16/h1-7,10H,8-9H2,(H,18,19,20). The molecule has 24 heavy (non-hydrogen) atoms. The van der Waals surface area contributed by atoms with Gasteiger partial charge in [0.1, 0.15) is 6.61 Å². The smallest absolute Gasteiger partial charge is 0.361 e. The summed E-state index contributed by atoms with van der Waals surface area (Å²) in [4.78, 5) is 24.1. The molecule has 0 spiro atoms. The van der Waals surface area contributed by atoms with Crippen LogP contribution < -0.4 is 5.32 Å². The van der Waals surface area contributed by atoms with Crippen molar-refractivity contribution in [3.8, 4) is 11.3 Å². The highest BCUT2D eigenvalue weighted by Gasteiger charge is 2.21. The van der Waals surface area contributed by atoms with Gasteiger partial charge >= 0.3 is 5.97 Å². The number of ether oxygens (including phenoxy) is 1. The average molecular weight is 345 g/mol. The maximum Gasteiger partial charge on any atom is 0.361 e. The highest BCUT2D eigenvalue weighted by molar-refractivity contribution is 6.33. The Morgan fingerprint density at radius 2 is 1.96 bits per heavy atom. The van der Waals surface area contributed by atoms with E-state index in [0.717, 1.165) is 0 Å². The van der Waals surface area contributed by atoms with Crippen LogP contribution in [0, 0.1) is 0 Å². The summed E-state index contributed by atoms with van der Waals surface area (Å²) < 4.78 is 10.5. The minimum atomic E-state index is -0.588. The van der Waals surface area contributed by atoms with Gasteiger partial charge in [0.2, 0.25) is 5.95 Å². The van der Waals surface area contributed by atoms with Gasteiger partial charge in [0.15, 0.2) is 17.8 Å². The van der Waals surface area contributed by atoms with Crippen molar-refractivity contribution < 1.29 is 13.9 Å². The van der Waals surface area contributed by atoms with Gasteiger partial charge in [-0.15, -0.1) is 0 Å². The highest BCUT2D eigenvalue weighted by Crippen LogP contribution is 2.30. The second kappa shape index (κ2) is 7.56. The highest BCUT2D eigenvalue weighted by atomic mass is 35.5. The van der Waals surface area contributed by atoms with E-state index in [1.54, 1.807) is 42.7 Å². The van der Waals surface area contributed by atoms with E-state index in [1.807, 2.05) is 0 Å². The normalized spacial score (nSPS) is 10.4. The van der Waals surface area contributed by atoms with E-state index >= 15 is 0 Å². The molecule has 0 aliphatic heterocycles. The molecular weight excluding hydrogens is 332 g/mol. The summed E-state index contributed by atoms with van der Waals surface area (Å²) in [6.45, 7) is 0.501. The van der Waals surface area contributed by atoms with Crippen LogP contribution in [0.15, 0.2) is 53.5 Å². The lowest BCUT2D eigenvalue weighted by Crippen LogP contribution is -2.15. The fraction of sp³-hybridized carbons (Fsp3) is 0.125. The van der Waals surface area contributed by atoms with Crippen molar-refractivity contribution in [3.05, 3.63) is 59.8 Å². The molecule has 2 heterocycles. The zero-order valence-corrected chi connectivity index (χ0v) is 13.2. The quantitative estimate of drug-likeness (QED) is 0.543. The first-order chi connectivity index (χ1) is 11.8. The summed E-state index contributed by atoms with van der Waals surface area (Å²) >= 11 is 6.12. The van der Waals surface area contributed by atoms with E-state index in [-0.39, 0.29) is 18.1 Å². The molecule has 0 saturated heterocycles. The van der Waals surface area contributed by atoms with Crippen molar-refractivity contribution in [2.75, 3.05) is 18.5 Å². The van der Waals surface area contributed by atoms with Crippen molar-refractivity contribution in [1.82, 2.24) is 15.0 Å². The number of carbonyl (C=O) groups excluding carboxylic acids is 1. The third kappa shape index (κ3) is 3.69. The number of benzene rings is 1. The predicted octanol–water partition coefficient (Wildman–Crippen LogP) is 3.05. The van der Waals surface area contributed by atoms with Gasteiger partial charge in [0.05, 0.1) is 11.6 Å². The van der Waals surface area contributed by atoms with Crippen molar-refractivity contribution in [1.29, 1.82) is 0 Å². The fourth-order valence-electron chi connectivity index (χ4n) is 1.99. The molecule has 2 aromatic heterocycles. The number of halogens is 1. The van der Waals surface area contributed by atoms with Crippen LogP contribution in [0.2, 0.25) is 5.02 Å². The molecule has 0 atom stereocenters. The Labute approximate surface area is 142 Å². The molecule has 0 bridgehead atoms. The number of oxazole rings is 1. The van der Waals surface area contributed by atoms with Crippen molar-refractivity contribution in [2.45, 2.75) is 0 Å². The Bertz CT molecular complexity index is 823. The zero-order valence-electron chi connectivity index (χ0n) is 12.5. The first-order valence-electron chi connectivity index (χ1n) is 7.12. The van der Waals surface area contributed by atoms with Gasteiger partial charge < -0.3 is 14.5 Å². The second-order valence-electron chi connectivity index (χ2n) is 4.65. The van der Waals surface area contributed by atoms with E-state index in [0.29, 0.717) is 23.1 Å². The predicted molar refractivity (Wildman–Crippen MR) is 87.8 cm³/mol. The van der Waals surface area contributed by atoms with E-state index in [9.17, 15) is 4.79 Å². The van der Waals surface area contributed by atoms with Gasteiger partial charge in [-0.1, -0.05) is 23.7 Å². The molecule has 1 aromatic carbocycles. The Balaban J connectivity index is 1.60. The molecule has 3 rings (SSSR count). The first-order valence-corrected chi connectivity index (χ1v) is 7.50. The maximum absolute atomic E-state index is 12.2. The topological polar surface area (TPSA) is 90.1 Å². The summed E-state index contributed by atoms with van der Waals surface area (Å²) in [5.74, 6) is 0.158. The molecule has 1 N–H and O–H groups in total. The summed E-state index contributed by atoms with van der Waals surface area (Å²) in [5, 5.41) is 3.40. The molecule has 8 heteroatoms. The maximum atomic E-state index is 12.2.